The minimum Gasteiger partial charge on any atom is -0.309 e. The van der Waals surface area contributed by atoms with E-state index in [-0.39, 0.29) is 0 Å². The van der Waals surface area contributed by atoms with Crippen molar-refractivity contribution in [3.63, 3.8) is 0 Å². The van der Waals surface area contributed by atoms with Crippen molar-refractivity contribution in [3.05, 3.63) is 48.5 Å². The van der Waals surface area contributed by atoms with E-state index in [0.29, 0.717) is 6.04 Å². The molecule has 2 aromatic heterocycles. The third-order valence-electron chi connectivity index (χ3n) is 3.20. The topological polar surface area (TPSA) is 55.6 Å². The second-order valence-electron chi connectivity index (χ2n) is 5.05. The summed E-state index contributed by atoms with van der Waals surface area (Å²) >= 11 is 0. The predicted octanol–water partition coefficient (Wildman–Crippen LogP) is 2.31. The van der Waals surface area contributed by atoms with Crippen LogP contribution in [0.4, 0.5) is 0 Å². The quantitative estimate of drug-likeness (QED) is 0.788. The van der Waals surface area contributed by atoms with Gasteiger partial charge in [0.15, 0.2) is 0 Å². The van der Waals surface area contributed by atoms with Gasteiger partial charge in [0.05, 0.1) is 17.6 Å². The first-order valence-electron chi connectivity index (χ1n) is 6.72. The maximum atomic E-state index is 4.22. The average Bonchev–Trinajstić information content (AvgIpc) is 2.92. The Hall–Kier alpha value is -2.27. The van der Waals surface area contributed by atoms with Gasteiger partial charge in [-0.1, -0.05) is 31.2 Å². The molecule has 5 nitrogen and oxygen atoms in total. The highest BCUT2D eigenvalue weighted by Gasteiger charge is 2.09. The Bertz CT molecular complexity index is 712. The number of nitrogens with zero attached hydrogens (tertiary/aromatic N) is 4. The van der Waals surface area contributed by atoms with Crippen molar-refractivity contribution in [2.75, 3.05) is 0 Å². The van der Waals surface area contributed by atoms with Crippen molar-refractivity contribution in [2.24, 2.45) is 0 Å². The van der Waals surface area contributed by atoms with E-state index in [0.717, 1.165) is 28.7 Å². The molecule has 0 amide bonds. The number of benzene rings is 1. The van der Waals surface area contributed by atoms with E-state index in [4.69, 9.17) is 0 Å². The Kier molecular flexibility index (Phi) is 3.43. The van der Waals surface area contributed by atoms with Crippen LogP contribution >= 0.6 is 0 Å². The third-order valence-corrected chi connectivity index (χ3v) is 3.20. The van der Waals surface area contributed by atoms with Gasteiger partial charge >= 0.3 is 0 Å². The molecule has 102 valence electrons. The van der Waals surface area contributed by atoms with Crippen molar-refractivity contribution in [1.82, 2.24) is 25.3 Å². The van der Waals surface area contributed by atoms with Crippen LogP contribution in [0.5, 0.6) is 0 Å². The van der Waals surface area contributed by atoms with Crippen LogP contribution in [0, 0.1) is 0 Å². The van der Waals surface area contributed by atoms with Crippen molar-refractivity contribution in [2.45, 2.75) is 26.4 Å². The first-order valence-corrected chi connectivity index (χ1v) is 6.72. The van der Waals surface area contributed by atoms with Gasteiger partial charge in [-0.25, -0.2) is 4.68 Å². The molecule has 0 aliphatic carbocycles. The Morgan fingerprint density at radius 3 is 2.95 bits per heavy atom. The fraction of sp³-hybridized carbons (Fsp3) is 0.267. The number of pyridine rings is 1. The highest BCUT2D eigenvalue weighted by atomic mass is 15.4. The Balaban J connectivity index is 2.05. The Morgan fingerprint density at radius 2 is 2.10 bits per heavy atom. The molecular formula is C15H17N5. The van der Waals surface area contributed by atoms with Gasteiger partial charge in [0.1, 0.15) is 0 Å². The molecule has 0 aliphatic rings. The van der Waals surface area contributed by atoms with E-state index in [2.05, 4.69) is 46.6 Å². The summed E-state index contributed by atoms with van der Waals surface area (Å²) < 4.78 is 1.89. The minimum atomic E-state index is 0.426. The second kappa shape index (κ2) is 5.38. The van der Waals surface area contributed by atoms with Crippen molar-refractivity contribution in [3.8, 4) is 5.69 Å². The van der Waals surface area contributed by atoms with Crippen molar-refractivity contribution >= 4 is 10.8 Å². The molecule has 0 bridgehead atoms. The molecule has 3 rings (SSSR count). The van der Waals surface area contributed by atoms with Gasteiger partial charge in [-0.15, -0.1) is 5.10 Å². The maximum Gasteiger partial charge on any atom is 0.0784 e. The predicted molar refractivity (Wildman–Crippen MR) is 78.6 cm³/mol. The van der Waals surface area contributed by atoms with Gasteiger partial charge in [-0.05, 0) is 12.1 Å². The molecular weight excluding hydrogens is 250 g/mol. The molecule has 0 spiro atoms. The zero-order valence-corrected chi connectivity index (χ0v) is 11.6. The summed E-state index contributed by atoms with van der Waals surface area (Å²) in [5.74, 6) is 0. The van der Waals surface area contributed by atoms with Crippen molar-refractivity contribution < 1.29 is 0 Å². The summed E-state index contributed by atoms with van der Waals surface area (Å²) in [5, 5.41) is 13.9. The third kappa shape index (κ3) is 2.40. The van der Waals surface area contributed by atoms with E-state index in [1.807, 2.05) is 23.0 Å². The second-order valence-corrected chi connectivity index (χ2v) is 5.05. The monoisotopic (exact) mass is 267 g/mol. The van der Waals surface area contributed by atoms with Crippen molar-refractivity contribution in [1.29, 1.82) is 0 Å². The van der Waals surface area contributed by atoms with Gasteiger partial charge in [0, 0.05) is 35.8 Å². The lowest BCUT2D eigenvalue weighted by atomic mass is 10.1. The molecule has 3 aromatic rings. The highest BCUT2D eigenvalue weighted by molar-refractivity contribution is 5.89. The summed E-state index contributed by atoms with van der Waals surface area (Å²) in [7, 11) is 0. The van der Waals surface area contributed by atoms with E-state index in [1.54, 1.807) is 12.4 Å². The maximum absolute atomic E-state index is 4.22. The summed E-state index contributed by atoms with van der Waals surface area (Å²) in [6, 6.07) is 8.55. The SMILES string of the molecule is CC(C)NCc1cnnn1-c1cccc2cnccc12. The highest BCUT2D eigenvalue weighted by Crippen LogP contribution is 2.21. The van der Waals surface area contributed by atoms with Crippen LogP contribution in [0.15, 0.2) is 42.9 Å². The van der Waals surface area contributed by atoms with E-state index in [1.165, 1.54) is 0 Å². The fourth-order valence-electron chi connectivity index (χ4n) is 2.18. The zero-order valence-electron chi connectivity index (χ0n) is 11.6. The lowest BCUT2D eigenvalue weighted by molar-refractivity contribution is 0.570. The number of nitrogens with one attached hydrogen (secondary N) is 1. The molecule has 0 saturated heterocycles. The fourth-order valence-corrected chi connectivity index (χ4v) is 2.18. The van der Waals surface area contributed by atoms with Crippen LogP contribution in [-0.4, -0.2) is 26.0 Å². The van der Waals surface area contributed by atoms with Crippen LogP contribution in [0.2, 0.25) is 0 Å². The smallest absolute Gasteiger partial charge is 0.0784 e. The summed E-state index contributed by atoms with van der Waals surface area (Å²) in [6.45, 7) is 4.99. The summed E-state index contributed by atoms with van der Waals surface area (Å²) in [5.41, 5.74) is 2.07. The molecule has 1 N–H and O–H groups in total. The van der Waals surface area contributed by atoms with Crippen LogP contribution in [0.3, 0.4) is 0 Å². The molecule has 1 aromatic carbocycles. The van der Waals surface area contributed by atoms with E-state index < -0.39 is 0 Å². The Morgan fingerprint density at radius 1 is 1.20 bits per heavy atom. The minimum absolute atomic E-state index is 0.426. The van der Waals surface area contributed by atoms with Crippen LogP contribution < -0.4 is 5.32 Å². The van der Waals surface area contributed by atoms with Crippen LogP contribution in [0.1, 0.15) is 19.5 Å². The average molecular weight is 267 g/mol. The molecule has 0 fully saturated rings. The summed E-state index contributed by atoms with van der Waals surface area (Å²) in [6.07, 6.45) is 5.46. The van der Waals surface area contributed by atoms with E-state index in [9.17, 15) is 0 Å². The normalized spacial score (nSPS) is 11.3. The van der Waals surface area contributed by atoms with Gasteiger partial charge in [-0.2, -0.15) is 0 Å². The van der Waals surface area contributed by atoms with Gasteiger partial charge in [0.2, 0.25) is 0 Å². The van der Waals surface area contributed by atoms with Gasteiger partial charge in [-0.3, -0.25) is 4.98 Å². The van der Waals surface area contributed by atoms with Gasteiger partial charge in [0.25, 0.3) is 0 Å². The Labute approximate surface area is 117 Å². The number of fused-ring (bicyclic) bond motifs is 1. The first-order chi connectivity index (χ1) is 9.75. The van der Waals surface area contributed by atoms with Gasteiger partial charge < -0.3 is 5.32 Å². The van der Waals surface area contributed by atoms with Crippen LogP contribution in [-0.2, 0) is 6.54 Å². The molecule has 0 radical (unpaired) electrons. The molecule has 0 aliphatic heterocycles. The number of hydrogen-bond donors (Lipinski definition) is 1. The van der Waals surface area contributed by atoms with E-state index >= 15 is 0 Å². The number of aromatic nitrogens is 4. The lowest BCUT2D eigenvalue weighted by Crippen LogP contribution is -2.23. The van der Waals surface area contributed by atoms with Crippen LogP contribution in [0.25, 0.3) is 16.5 Å². The lowest BCUT2D eigenvalue weighted by Gasteiger charge is -2.11. The number of hydrogen-bond acceptors (Lipinski definition) is 4. The number of rotatable bonds is 4. The molecule has 2 heterocycles. The zero-order chi connectivity index (χ0) is 13.9. The molecule has 20 heavy (non-hydrogen) atoms. The molecule has 0 atom stereocenters. The first kappa shape index (κ1) is 12.7. The largest absolute Gasteiger partial charge is 0.309 e. The molecule has 0 saturated carbocycles. The standard InChI is InChI=1S/C15H17N5/c1-11(2)17-9-13-10-18-19-20(13)15-5-3-4-12-8-16-7-6-14(12)15/h3-8,10-11,17H,9H2,1-2H3. The molecule has 0 unspecified atom stereocenters. The molecule has 5 heteroatoms. The summed E-state index contributed by atoms with van der Waals surface area (Å²) in [4.78, 5) is 4.16.